The molecule has 0 unspecified atom stereocenters. The van der Waals surface area contributed by atoms with E-state index in [0.29, 0.717) is 16.3 Å². The van der Waals surface area contributed by atoms with Crippen molar-refractivity contribution < 1.29 is 19.1 Å². The third kappa shape index (κ3) is 4.47. The van der Waals surface area contributed by atoms with Crippen molar-refractivity contribution in [1.29, 1.82) is 0 Å². The quantitative estimate of drug-likeness (QED) is 0.332. The fourth-order valence-electron chi connectivity index (χ4n) is 2.85. The van der Waals surface area contributed by atoms with Crippen molar-refractivity contribution in [1.82, 2.24) is 0 Å². The van der Waals surface area contributed by atoms with Crippen molar-refractivity contribution in [2.45, 2.75) is 6.92 Å². The van der Waals surface area contributed by atoms with Gasteiger partial charge in [-0.2, -0.15) is 0 Å². The Labute approximate surface area is 178 Å². The first-order valence-corrected chi connectivity index (χ1v) is 9.53. The topological polar surface area (TPSA) is 65.0 Å². The molecule has 1 aliphatic heterocycles. The predicted octanol–water partition coefficient (Wildman–Crippen LogP) is 5.21. The predicted molar refractivity (Wildman–Crippen MR) is 115 cm³/mol. The highest BCUT2D eigenvalue weighted by Gasteiger charge is 2.24. The number of aliphatic imine (C=N–C) groups is 1. The van der Waals surface area contributed by atoms with E-state index >= 15 is 0 Å². The number of carbonyl (C=O) groups is 2. The summed E-state index contributed by atoms with van der Waals surface area (Å²) < 4.78 is 10.6. The Morgan fingerprint density at radius 1 is 1.03 bits per heavy atom. The van der Waals surface area contributed by atoms with Crippen LogP contribution in [-0.2, 0) is 9.53 Å². The normalized spacial score (nSPS) is 14.4. The summed E-state index contributed by atoms with van der Waals surface area (Å²) in [5, 5.41) is 0.544. The standard InChI is InChI=1S/C24H16ClNO4/c1-15-3-2-4-18(13-15)22-26-21(24(28)30-22)14-16-5-11-20(12-6-16)29-23(27)17-7-9-19(25)10-8-17/h2-14H,1H3/b21-14-. The highest BCUT2D eigenvalue weighted by molar-refractivity contribution is 6.30. The summed E-state index contributed by atoms with van der Waals surface area (Å²) in [5.74, 6) is -0.326. The minimum Gasteiger partial charge on any atom is -0.423 e. The molecule has 0 amide bonds. The van der Waals surface area contributed by atoms with E-state index in [2.05, 4.69) is 4.99 Å². The molecule has 3 aromatic carbocycles. The Bertz CT molecular complexity index is 1180. The van der Waals surface area contributed by atoms with E-state index in [0.717, 1.165) is 16.7 Å². The van der Waals surface area contributed by atoms with Gasteiger partial charge in [-0.05, 0) is 67.1 Å². The lowest BCUT2D eigenvalue weighted by molar-refractivity contribution is -0.129. The average Bonchev–Trinajstić information content (AvgIpc) is 3.10. The number of hydrogen-bond donors (Lipinski definition) is 0. The third-order valence-electron chi connectivity index (χ3n) is 4.36. The molecule has 6 heteroatoms. The van der Waals surface area contributed by atoms with Gasteiger partial charge in [0.25, 0.3) is 0 Å². The lowest BCUT2D eigenvalue weighted by Gasteiger charge is -2.05. The van der Waals surface area contributed by atoms with Crippen LogP contribution in [0.25, 0.3) is 6.08 Å². The monoisotopic (exact) mass is 417 g/mol. The molecule has 0 saturated carbocycles. The number of nitrogens with zero attached hydrogens (tertiary/aromatic N) is 1. The number of benzene rings is 3. The summed E-state index contributed by atoms with van der Waals surface area (Å²) in [5.41, 5.74) is 3.13. The van der Waals surface area contributed by atoms with Gasteiger partial charge >= 0.3 is 11.9 Å². The molecule has 1 aliphatic rings. The van der Waals surface area contributed by atoms with Crippen LogP contribution in [0.4, 0.5) is 0 Å². The SMILES string of the molecule is Cc1cccc(C2=N/C(=C\c3ccc(OC(=O)c4ccc(Cl)cc4)cc3)C(=O)O2)c1. The molecule has 0 saturated heterocycles. The summed E-state index contributed by atoms with van der Waals surface area (Å²) in [6, 6.07) is 20.8. The van der Waals surface area contributed by atoms with Crippen LogP contribution < -0.4 is 4.74 Å². The van der Waals surface area contributed by atoms with Crippen molar-refractivity contribution in [3.05, 3.63) is 106 Å². The number of cyclic esters (lactones) is 1. The smallest absolute Gasteiger partial charge is 0.363 e. The highest BCUT2D eigenvalue weighted by Crippen LogP contribution is 2.21. The molecule has 0 radical (unpaired) electrons. The molecular weight excluding hydrogens is 402 g/mol. The molecule has 0 N–H and O–H groups in total. The number of halogens is 1. The molecule has 148 valence electrons. The second-order valence-corrected chi connectivity index (χ2v) is 7.11. The van der Waals surface area contributed by atoms with Gasteiger partial charge in [-0.3, -0.25) is 0 Å². The third-order valence-corrected chi connectivity index (χ3v) is 4.61. The molecule has 4 rings (SSSR count). The maximum absolute atomic E-state index is 12.2. The zero-order chi connectivity index (χ0) is 21.1. The van der Waals surface area contributed by atoms with Gasteiger partial charge in [-0.25, -0.2) is 14.6 Å². The Balaban J connectivity index is 1.48. The lowest BCUT2D eigenvalue weighted by atomic mass is 10.1. The van der Waals surface area contributed by atoms with Crippen molar-refractivity contribution in [2.24, 2.45) is 4.99 Å². The minimum atomic E-state index is -0.509. The molecule has 5 nitrogen and oxygen atoms in total. The lowest BCUT2D eigenvalue weighted by Crippen LogP contribution is -2.08. The van der Waals surface area contributed by atoms with Crippen molar-refractivity contribution in [3.63, 3.8) is 0 Å². The highest BCUT2D eigenvalue weighted by atomic mass is 35.5. The van der Waals surface area contributed by atoms with Crippen LogP contribution in [0.1, 0.15) is 27.0 Å². The van der Waals surface area contributed by atoms with Gasteiger partial charge in [-0.15, -0.1) is 0 Å². The maximum Gasteiger partial charge on any atom is 0.363 e. The molecule has 0 atom stereocenters. The zero-order valence-electron chi connectivity index (χ0n) is 16.0. The van der Waals surface area contributed by atoms with Crippen molar-refractivity contribution in [2.75, 3.05) is 0 Å². The van der Waals surface area contributed by atoms with Gasteiger partial charge in [0.05, 0.1) is 5.56 Å². The zero-order valence-corrected chi connectivity index (χ0v) is 16.7. The molecule has 1 heterocycles. The summed E-state index contributed by atoms with van der Waals surface area (Å²) in [4.78, 5) is 28.6. The largest absolute Gasteiger partial charge is 0.423 e. The van der Waals surface area contributed by atoms with Crippen LogP contribution in [0, 0.1) is 6.92 Å². The number of carbonyl (C=O) groups excluding carboxylic acids is 2. The van der Waals surface area contributed by atoms with Crippen LogP contribution in [0.5, 0.6) is 5.75 Å². The molecule has 30 heavy (non-hydrogen) atoms. The number of aryl methyl sites for hydroxylation is 1. The van der Waals surface area contributed by atoms with E-state index < -0.39 is 11.9 Å². The van der Waals surface area contributed by atoms with Gasteiger partial charge in [0.15, 0.2) is 5.70 Å². The van der Waals surface area contributed by atoms with E-state index in [1.54, 1.807) is 54.6 Å². The summed E-state index contributed by atoms with van der Waals surface area (Å²) in [7, 11) is 0. The van der Waals surface area contributed by atoms with E-state index in [-0.39, 0.29) is 11.6 Å². The van der Waals surface area contributed by atoms with Crippen LogP contribution in [0.2, 0.25) is 5.02 Å². The van der Waals surface area contributed by atoms with Crippen molar-refractivity contribution >= 4 is 35.5 Å². The fourth-order valence-corrected chi connectivity index (χ4v) is 2.98. The molecule has 0 fully saturated rings. The Morgan fingerprint density at radius 3 is 2.47 bits per heavy atom. The minimum absolute atomic E-state index is 0.206. The van der Waals surface area contributed by atoms with Gasteiger partial charge in [-0.1, -0.05) is 41.4 Å². The maximum atomic E-state index is 12.2. The Kier molecular flexibility index (Phi) is 5.46. The first-order chi connectivity index (χ1) is 14.5. The van der Waals surface area contributed by atoms with Gasteiger partial charge in [0, 0.05) is 10.6 Å². The van der Waals surface area contributed by atoms with E-state index in [9.17, 15) is 9.59 Å². The molecule has 0 bridgehead atoms. The van der Waals surface area contributed by atoms with E-state index in [1.165, 1.54) is 0 Å². The van der Waals surface area contributed by atoms with Crippen LogP contribution in [-0.4, -0.2) is 17.8 Å². The van der Waals surface area contributed by atoms with E-state index in [4.69, 9.17) is 21.1 Å². The van der Waals surface area contributed by atoms with Crippen LogP contribution in [0.3, 0.4) is 0 Å². The summed E-state index contributed by atoms with van der Waals surface area (Å²) in [6.07, 6.45) is 1.62. The molecule has 0 spiro atoms. The van der Waals surface area contributed by atoms with E-state index in [1.807, 2.05) is 31.2 Å². The first kappa shape index (κ1) is 19.6. The van der Waals surface area contributed by atoms with Gasteiger partial charge < -0.3 is 9.47 Å². The molecule has 0 aliphatic carbocycles. The Morgan fingerprint density at radius 2 is 1.77 bits per heavy atom. The van der Waals surface area contributed by atoms with Gasteiger partial charge in [0.2, 0.25) is 5.90 Å². The fraction of sp³-hybridized carbons (Fsp3) is 0.0417. The second kappa shape index (κ2) is 8.35. The number of esters is 2. The second-order valence-electron chi connectivity index (χ2n) is 6.67. The number of ether oxygens (including phenoxy) is 2. The number of rotatable bonds is 4. The van der Waals surface area contributed by atoms with Gasteiger partial charge in [0.1, 0.15) is 5.75 Å². The van der Waals surface area contributed by atoms with Crippen LogP contribution in [0.15, 0.2) is 83.5 Å². The van der Waals surface area contributed by atoms with Crippen LogP contribution >= 0.6 is 11.6 Å². The number of hydrogen-bond acceptors (Lipinski definition) is 5. The molecule has 3 aromatic rings. The molecular formula is C24H16ClNO4. The summed E-state index contributed by atoms with van der Waals surface area (Å²) in [6.45, 7) is 1.96. The van der Waals surface area contributed by atoms with Crippen molar-refractivity contribution in [3.8, 4) is 5.75 Å². The molecule has 0 aromatic heterocycles. The summed E-state index contributed by atoms with van der Waals surface area (Å²) >= 11 is 5.83. The first-order valence-electron chi connectivity index (χ1n) is 9.15. The average molecular weight is 418 g/mol. The Hall–Kier alpha value is -3.70.